The van der Waals surface area contributed by atoms with E-state index in [1.807, 2.05) is 0 Å². The molecular formula is C15H11F4N5O. The zero-order chi connectivity index (χ0) is 18.0. The smallest absolute Gasteiger partial charge is 0.304 e. The number of carbonyl (C=O) groups is 1. The van der Waals surface area contributed by atoms with Crippen molar-refractivity contribution in [3.63, 3.8) is 0 Å². The van der Waals surface area contributed by atoms with Crippen LogP contribution < -0.4 is 5.32 Å². The molecule has 10 heteroatoms. The van der Waals surface area contributed by atoms with Gasteiger partial charge in [0, 0.05) is 18.3 Å². The average molecular weight is 353 g/mol. The lowest BCUT2D eigenvalue weighted by molar-refractivity contribution is -0.141. The Morgan fingerprint density at radius 3 is 2.56 bits per heavy atom. The van der Waals surface area contributed by atoms with Crippen LogP contribution in [0.25, 0.3) is 0 Å². The highest BCUT2D eigenvalue weighted by molar-refractivity contribution is 6.02. The topological polar surface area (TPSA) is 75.6 Å². The minimum Gasteiger partial charge on any atom is -0.304 e. The summed E-state index contributed by atoms with van der Waals surface area (Å²) in [5.74, 6) is -1.02. The van der Waals surface area contributed by atoms with E-state index in [-0.39, 0.29) is 11.6 Å². The molecule has 2 aromatic heterocycles. The molecule has 0 saturated heterocycles. The van der Waals surface area contributed by atoms with Crippen LogP contribution in [0.1, 0.15) is 21.7 Å². The van der Waals surface area contributed by atoms with Crippen LogP contribution >= 0.6 is 0 Å². The Morgan fingerprint density at radius 1 is 1.20 bits per heavy atom. The van der Waals surface area contributed by atoms with Crippen molar-refractivity contribution in [1.82, 2.24) is 20.0 Å². The third kappa shape index (κ3) is 4.03. The second-order valence-electron chi connectivity index (χ2n) is 5.14. The number of nitrogens with zero attached hydrogens (tertiary/aromatic N) is 3. The van der Waals surface area contributed by atoms with Gasteiger partial charge >= 0.3 is 6.18 Å². The SMILES string of the molecule is O=C(Nc1ccn(Cc2ccc(F)cc2)n1)c1cc(C(F)(F)F)[nH]n1. The Bertz CT molecular complexity index is 882. The molecule has 2 heterocycles. The molecule has 0 bridgehead atoms. The van der Waals surface area contributed by atoms with Gasteiger partial charge in [0.1, 0.15) is 11.5 Å². The van der Waals surface area contributed by atoms with Gasteiger partial charge in [-0.05, 0) is 17.7 Å². The molecule has 1 aromatic carbocycles. The first-order valence-corrected chi connectivity index (χ1v) is 7.03. The Labute approximate surface area is 138 Å². The zero-order valence-electron chi connectivity index (χ0n) is 12.5. The second kappa shape index (κ2) is 6.38. The number of hydrogen-bond donors (Lipinski definition) is 2. The van der Waals surface area contributed by atoms with Crippen LogP contribution in [0.15, 0.2) is 42.6 Å². The third-order valence-corrected chi connectivity index (χ3v) is 3.26. The molecule has 0 spiro atoms. The van der Waals surface area contributed by atoms with Crippen LogP contribution in [-0.4, -0.2) is 25.9 Å². The standard InChI is InChI=1S/C15H11F4N5O/c16-10-3-1-9(2-4-10)8-24-6-5-13(23-24)20-14(25)11-7-12(22-21-11)15(17,18)19/h1-7H,8H2,(H,21,22)(H,20,23,25). The summed E-state index contributed by atoms with van der Waals surface area (Å²) in [4.78, 5) is 11.9. The van der Waals surface area contributed by atoms with E-state index >= 15 is 0 Å². The molecule has 3 rings (SSSR count). The number of aromatic nitrogens is 4. The van der Waals surface area contributed by atoms with Crippen LogP contribution in [0.5, 0.6) is 0 Å². The number of anilines is 1. The number of rotatable bonds is 4. The van der Waals surface area contributed by atoms with Crippen LogP contribution in [0.4, 0.5) is 23.4 Å². The first-order valence-electron chi connectivity index (χ1n) is 7.03. The van der Waals surface area contributed by atoms with Crippen LogP contribution in [0.2, 0.25) is 0 Å². The quantitative estimate of drug-likeness (QED) is 0.708. The number of nitrogens with one attached hydrogen (secondary N) is 2. The van der Waals surface area contributed by atoms with Gasteiger partial charge in [-0.1, -0.05) is 12.1 Å². The number of carbonyl (C=O) groups excluding carboxylic acids is 1. The van der Waals surface area contributed by atoms with Crippen molar-refractivity contribution >= 4 is 11.7 Å². The number of alkyl halides is 3. The number of H-pyrrole nitrogens is 1. The zero-order valence-corrected chi connectivity index (χ0v) is 12.5. The maximum atomic E-state index is 12.9. The van der Waals surface area contributed by atoms with E-state index in [9.17, 15) is 22.4 Å². The van der Waals surface area contributed by atoms with Crippen LogP contribution in [0.3, 0.4) is 0 Å². The van der Waals surface area contributed by atoms with E-state index in [2.05, 4.69) is 15.5 Å². The first kappa shape index (κ1) is 16.7. The monoisotopic (exact) mass is 353 g/mol. The molecule has 25 heavy (non-hydrogen) atoms. The molecular weight excluding hydrogens is 342 g/mol. The van der Waals surface area contributed by atoms with Gasteiger partial charge in [0.25, 0.3) is 5.91 Å². The molecule has 0 fully saturated rings. The summed E-state index contributed by atoms with van der Waals surface area (Å²) >= 11 is 0. The van der Waals surface area contributed by atoms with E-state index in [1.54, 1.807) is 23.4 Å². The van der Waals surface area contributed by atoms with Crippen molar-refractivity contribution in [2.45, 2.75) is 12.7 Å². The van der Waals surface area contributed by atoms with Crippen molar-refractivity contribution in [2.75, 3.05) is 5.32 Å². The Balaban J connectivity index is 1.65. The fraction of sp³-hybridized carbons (Fsp3) is 0.133. The minimum absolute atomic E-state index is 0.156. The largest absolute Gasteiger partial charge is 0.432 e. The highest BCUT2D eigenvalue weighted by atomic mass is 19.4. The van der Waals surface area contributed by atoms with Crippen molar-refractivity contribution < 1.29 is 22.4 Å². The lowest BCUT2D eigenvalue weighted by Gasteiger charge is -2.02. The van der Waals surface area contributed by atoms with E-state index in [0.717, 1.165) is 5.56 Å². The lowest BCUT2D eigenvalue weighted by atomic mass is 10.2. The molecule has 0 aliphatic rings. The lowest BCUT2D eigenvalue weighted by Crippen LogP contribution is -2.13. The predicted molar refractivity (Wildman–Crippen MR) is 79.3 cm³/mol. The summed E-state index contributed by atoms with van der Waals surface area (Å²) in [6.07, 6.45) is -3.03. The Hall–Kier alpha value is -3.17. The number of aromatic amines is 1. The van der Waals surface area contributed by atoms with Gasteiger partial charge in [-0.25, -0.2) is 4.39 Å². The molecule has 130 valence electrons. The molecule has 6 nitrogen and oxygen atoms in total. The van der Waals surface area contributed by atoms with Crippen LogP contribution in [-0.2, 0) is 12.7 Å². The van der Waals surface area contributed by atoms with Gasteiger partial charge in [0.2, 0.25) is 0 Å². The summed E-state index contributed by atoms with van der Waals surface area (Å²) in [5.41, 5.74) is -0.718. The Morgan fingerprint density at radius 2 is 1.92 bits per heavy atom. The molecule has 2 N–H and O–H groups in total. The number of amides is 1. The molecule has 0 aliphatic heterocycles. The fourth-order valence-corrected chi connectivity index (χ4v) is 2.06. The summed E-state index contributed by atoms with van der Waals surface area (Å²) in [7, 11) is 0. The summed E-state index contributed by atoms with van der Waals surface area (Å²) in [5, 5.41) is 11.5. The molecule has 0 saturated carbocycles. The molecule has 1 amide bonds. The predicted octanol–water partition coefficient (Wildman–Crippen LogP) is 3.06. The van der Waals surface area contributed by atoms with E-state index in [0.29, 0.717) is 12.6 Å². The highest BCUT2D eigenvalue weighted by Gasteiger charge is 2.33. The summed E-state index contributed by atoms with van der Waals surface area (Å²) < 4.78 is 51.8. The van der Waals surface area contributed by atoms with Crippen molar-refractivity contribution in [3.8, 4) is 0 Å². The van der Waals surface area contributed by atoms with Crippen molar-refractivity contribution in [2.24, 2.45) is 0 Å². The van der Waals surface area contributed by atoms with Crippen molar-refractivity contribution in [1.29, 1.82) is 0 Å². The highest BCUT2D eigenvalue weighted by Crippen LogP contribution is 2.27. The van der Waals surface area contributed by atoms with Gasteiger partial charge in [-0.2, -0.15) is 23.4 Å². The third-order valence-electron chi connectivity index (χ3n) is 3.26. The van der Waals surface area contributed by atoms with Gasteiger partial charge in [-0.3, -0.25) is 14.6 Å². The van der Waals surface area contributed by atoms with E-state index in [4.69, 9.17) is 0 Å². The average Bonchev–Trinajstić information content (AvgIpc) is 3.19. The van der Waals surface area contributed by atoms with E-state index in [1.165, 1.54) is 22.9 Å². The van der Waals surface area contributed by atoms with Gasteiger partial charge in [0.05, 0.1) is 6.54 Å². The maximum absolute atomic E-state index is 12.9. The maximum Gasteiger partial charge on any atom is 0.432 e. The van der Waals surface area contributed by atoms with Gasteiger partial charge in [-0.15, -0.1) is 0 Å². The fourth-order valence-electron chi connectivity index (χ4n) is 2.06. The molecule has 0 atom stereocenters. The normalized spacial score (nSPS) is 11.5. The first-order chi connectivity index (χ1) is 11.8. The molecule has 0 aliphatic carbocycles. The second-order valence-corrected chi connectivity index (χ2v) is 5.14. The molecule has 3 aromatic rings. The number of benzene rings is 1. The minimum atomic E-state index is -4.61. The van der Waals surface area contributed by atoms with Gasteiger partial charge in [0.15, 0.2) is 11.5 Å². The van der Waals surface area contributed by atoms with Crippen molar-refractivity contribution in [3.05, 3.63) is 65.4 Å². The molecule has 0 unspecified atom stereocenters. The van der Waals surface area contributed by atoms with Gasteiger partial charge < -0.3 is 5.32 Å². The Kier molecular flexibility index (Phi) is 4.26. The molecule has 0 radical (unpaired) electrons. The summed E-state index contributed by atoms with van der Waals surface area (Å²) in [6.45, 7) is 0.344. The number of hydrogen-bond acceptors (Lipinski definition) is 3. The summed E-state index contributed by atoms with van der Waals surface area (Å²) in [6, 6.07) is 7.92. The van der Waals surface area contributed by atoms with Crippen LogP contribution in [0, 0.1) is 5.82 Å². The van der Waals surface area contributed by atoms with E-state index < -0.39 is 23.5 Å². The number of halogens is 4.